The zero-order valence-electron chi connectivity index (χ0n) is 36.7. The van der Waals surface area contributed by atoms with Gasteiger partial charge in [0.05, 0.1) is 35.5 Å². The van der Waals surface area contributed by atoms with Crippen molar-refractivity contribution >= 4 is 11.8 Å². The zero-order valence-corrected chi connectivity index (χ0v) is 36.7. The third kappa shape index (κ3) is 11.9. The fraction of sp³-hybridized carbons (Fsp3) is 0.500. The van der Waals surface area contributed by atoms with Crippen LogP contribution in [-0.2, 0) is 22.3 Å². The first-order valence-electron chi connectivity index (χ1n) is 22.5. The maximum Gasteiger partial charge on any atom is 0.254 e. The maximum atomic E-state index is 13.2. The van der Waals surface area contributed by atoms with Gasteiger partial charge in [-0.25, -0.2) is 0 Å². The van der Waals surface area contributed by atoms with Gasteiger partial charge in [0.1, 0.15) is 0 Å². The zero-order chi connectivity index (χ0) is 42.1. The summed E-state index contributed by atoms with van der Waals surface area (Å²) in [4.78, 5) is 35.5. The molecule has 0 saturated carbocycles. The van der Waals surface area contributed by atoms with Crippen LogP contribution in [0.25, 0.3) is 0 Å². The summed E-state index contributed by atoms with van der Waals surface area (Å²) in [6.07, 6.45) is 8.36. The molecular weight excluding hydrogens is 745 g/mol. The number of nitrogens with zero attached hydrogens (tertiary/aromatic N) is 4. The molecule has 2 spiro atoms. The van der Waals surface area contributed by atoms with Gasteiger partial charge in [0.25, 0.3) is 11.8 Å². The fourth-order valence-electron chi connectivity index (χ4n) is 10.1. The van der Waals surface area contributed by atoms with Gasteiger partial charge in [0.2, 0.25) is 0 Å². The van der Waals surface area contributed by atoms with Crippen LogP contribution < -0.4 is 0 Å². The minimum absolute atomic E-state index is 0.122. The molecule has 0 radical (unpaired) electrons. The quantitative estimate of drug-likeness (QED) is 0.177. The summed E-state index contributed by atoms with van der Waals surface area (Å²) in [5.41, 5.74) is 3.18. The predicted octanol–water partition coefficient (Wildman–Crippen LogP) is 8.81. The predicted molar refractivity (Wildman–Crippen MR) is 241 cm³/mol. The topological polar surface area (TPSA) is 65.6 Å². The number of morpholine rings is 2. The largest absolute Gasteiger partial charge is 0.365 e. The van der Waals surface area contributed by atoms with Gasteiger partial charge >= 0.3 is 0 Å². The van der Waals surface area contributed by atoms with Crippen molar-refractivity contribution in [3.63, 3.8) is 0 Å². The Kier molecular flexibility index (Phi) is 14.3. The first kappa shape index (κ1) is 43.7. The van der Waals surface area contributed by atoms with Crippen LogP contribution in [0.15, 0.2) is 121 Å². The standard InChI is InChI=1S/2C26H34N2O2/c2*1-25(2)20-28(24(29)23-12-7-4-8-13-23)21-26(30-25)15-9-17-27(19-16-26)18-14-22-10-5-3-6-11-22/h2*3-8,10-13H,9,14-21H2,1-2H3/t2*26-/m10/s1. The molecule has 4 aliphatic heterocycles. The van der Waals surface area contributed by atoms with E-state index in [2.05, 4.69) is 98.2 Å². The van der Waals surface area contributed by atoms with Crippen molar-refractivity contribution < 1.29 is 19.1 Å². The molecule has 0 unspecified atom stereocenters. The van der Waals surface area contributed by atoms with Crippen molar-refractivity contribution in [3.8, 4) is 0 Å². The van der Waals surface area contributed by atoms with Crippen molar-refractivity contribution in [3.05, 3.63) is 144 Å². The smallest absolute Gasteiger partial charge is 0.254 e. The van der Waals surface area contributed by atoms with Crippen molar-refractivity contribution in [2.75, 3.05) is 65.4 Å². The van der Waals surface area contributed by atoms with Crippen LogP contribution in [0, 0.1) is 0 Å². The Morgan fingerprint density at radius 2 is 0.817 bits per heavy atom. The molecule has 0 bridgehead atoms. The van der Waals surface area contributed by atoms with Gasteiger partial charge in [-0.05, 0) is 128 Å². The Hall–Kier alpha value is -4.34. The van der Waals surface area contributed by atoms with E-state index in [1.807, 2.05) is 70.5 Å². The van der Waals surface area contributed by atoms with E-state index < -0.39 is 0 Å². The molecular formula is C52H68N4O4. The molecule has 4 fully saturated rings. The Morgan fingerprint density at radius 3 is 1.18 bits per heavy atom. The molecule has 0 N–H and O–H groups in total. The van der Waals surface area contributed by atoms with E-state index >= 15 is 0 Å². The molecule has 4 aliphatic rings. The van der Waals surface area contributed by atoms with Crippen molar-refractivity contribution in [1.29, 1.82) is 0 Å². The Bertz CT molecular complexity index is 1820. The lowest BCUT2D eigenvalue weighted by atomic mass is 9.88. The minimum atomic E-state index is -0.331. The second kappa shape index (κ2) is 19.6. The molecule has 0 aromatic heterocycles. The molecule has 4 saturated heterocycles. The van der Waals surface area contributed by atoms with Gasteiger partial charge in [-0.2, -0.15) is 0 Å². The van der Waals surface area contributed by atoms with Crippen LogP contribution in [0.5, 0.6) is 0 Å². The molecule has 4 heterocycles. The second-order valence-electron chi connectivity index (χ2n) is 19.0. The summed E-state index contributed by atoms with van der Waals surface area (Å²) >= 11 is 0. The maximum absolute atomic E-state index is 13.2. The Balaban J connectivity index is 0.000000181. The third-order valence-electron chi connectivity index (χ3n) is 12.8. The van der Waals surface area contributed by atoms with Crippen LogP contribution >= 0.6 is 0 Å². The Morgan fingerprint density at radius 1 is 0.467 bits per heavy atom. The van der Waals surface area contributed by atoms with Crippen molar-refractivity contribution in [2.45, 2.75) is 101 Å². The average Bonchev–Trinajstić information content (AvgIpc) is 3.56. The molecule has 8 heteroatoms. The fourth-order valence-corrected chi connectivity index (χ4v) is 10.1. The number of carbonyl (C=O) groups is 2. The monoisotopic (exact) mass is 813 g/mol. The molecule has 4 aromatic carbocycles. The van der Waals surface area contributed by atoms with Gasteiger partial charge < -0.3 is 29.1 Å². The highest BCUT2D eigenvalue weighted by Crippen LogP contribution is 2.38. The summed E-state index contributed by atoms with van der Waals surface area (Å²) in [5.74, 6) is 0.244. The SMILES string of the molecule is CC1(C)CN(C(=O)c2ccccc2)C[C@@]2(CCCN(CCc3ccccc3)CC2)O1.CC1(C)CN(C(=O)c2ccccc2)C[C@]2(CCCN(CCc3ccccc3)CC2)O1. The van der Waals surface area contributed by atoms with Crippen LogP contribution in [0.1, 0.15) is 98.1 Å². The molecule has 60 heavy (non-hydrogen) atoms. The minimum Gasteiger partial charge on any atom is -0.365 e. The van der Waals surface area contributed by atoms with E-state index in [1.54, 1.807) is 0 Å². The van der Waals surface area contributed by atoms with E-state index in [-0.39, 0.29) is 34.2 Å². The highest BCUT2D eigenvalue weighted by Gasteiger charge is 2.47. The van der Waals surface area contributed by atoms with Crippen molar-refractivity contribution in [2.24, 2.45) is 0 Å². The highest BCUT2D eigenvalue weighted by atomic mass is 16.5. The summed E-state index contributed by atoms with van der Waals surface area (Å²) in [5, 5.41) is 0. The normalized spacial score (nSPS) is 24.5. The summed E-state index contributed by atoms with van der Waals surface area (Å²) in [6.45, 7) is 17.6. The van der Waals surface area contributed by atoms with Gasteiger partial charge in [0.15, 0.2) is 0 Å². The number of rotatable bonds is 8. The number of benzene rings is 4. The first-order chi connectivity index (χ1) is 28.9. The molecule has 2 atom stereocenters. The molecule has 0 aliphatic carbocycles. The van der Waals surface area contributed by atoms with Gasteiger partial charge in [-0.1, -0.05) is 97.1 Å². The number of likely N-dealkylation sites (tertiary alicyclic amines) is 2. The van der Waals surface area contributed by atoms with E-state index in [0.29, 0.717) is 26.2 Å². The van der Waals surface area contributed by atoms with Crippen LogP contribution in [-0.4, -0.2) is 119 Å². The first-order valence-corrected chi connectivity index (χ1v) is 22.5. The molecule has 8 rings (SSSR count). The van der Waals surface area contributed by atoms with E-state index in [0.717, 1.165) is 102 Å². The van der Waals surface area contributed by atoms with E-state index in [9.17, 15) is 9.59 Å². The molecule has 4 aromatic rings. The Labute approximate surface area is 359 Å². The summed E-state index contributed by atoms with van der Waals surface area (Å²) < 4.78 is 13.4. The molecule has 320 valence electrons. The van der Waals surface area contributed by atoms with Gasteiger partial charge in [-0.3, -0.25) is 9.59 Å². The molecule has 8 nitrogen and oxygen atoms in total. The van der Waals surface area contributed by atoms with Crippen LogP contribution in [0.2, 0.25) is 0 Å². The second-order valence-corrected chi connectivity index (χ2v) is 19.0. The summed E-state index contributed by atoms with van der Waals surface area (Å²) in [7, 11) is 0. The lowest BCUT2D eigenvalue weighted by Crippen LogP contribution is -2.61. The number of hydrogen-bond acceptors (Lipinski definition) is 6. The number of ether oxygens (including phenoxy) is 2. The lowest BCUT2D eigenvalue weighted by molar-refractivity contribution is -0.193. The van der Waals surface area contributed by atoms with Crippen LogP contribution in [0.3, 0.4) is 0 Å². The van der Waals surface area contributed by atoms with E-state index in [1.165, 1.54) is 11.1 Å². The van der Waals surface area contributed by atoms with Crippen molar-refractivity contribution in [1.82, 2.24) is 19.6 Å². The highest BCUT2D eigenvalue weighted by molar-refractivity contribution is 5.95. The van der Waals surface area contributed by atoms with Gasteiger partial charge in [-0.15, -0.1) is 0 Å². The number of amides is 2. The number of hydrogen-bond donors (Lipinski definition) is 0. The molecule has 2 amide bonds. The summed E-state index contributed by atoms with van der Waals surface area (Å²) in [6, 6.07) is 40.7. The number of carbonyl (C=O) groups excluding carboxylic acids is 2. The lowest BCUT2D eigenvalue weighted by Gasteiger charge is -2.50. The third-order valence-corrected chi connectivity index (χ3v) is 12.8. The van der Waals surface area contributed by atoms with E-state index in [4.69, 9.17) is 9.47 Å². The van der Waals surface area contributed by atoms with Crippen LogP contribution in [0.4, 0.5) is 0 Å². The van der Waals surface area contributed by atoms with Gasteiger partial charge in [0, 0.05) is 50.4 Å². The average molecular weight is 813 g/mol.